The predicted octanol–water partition coefficient (Wildman–Crippen LogP) is 3.53. The molecule has 4 aromatic rings. The van der Waals surface area contributed by atoms with E-state index in [1.54, 1.807) is 11.8 Å². The maximum Gasteiger partial charge on any atom is 0.231 e. The summed E-state index contributed by atoms with van der Waals surface area (Å²) in [6.07, 6.45) is 0.488. The van der Waals surface area contributed by atoms with Crippen LogP contribution in [0, 0.1) is 13.8 Å². The third-order valence-electron chi connectivity index (χ3n) is 4.39. The van der Waals surface area contributed by atoms with Crippen molar-refractivity contribution >= 4 is 0 Å². The maximum atomic E-state index is 5.41. The van der Waals surface area contributed by atoms with E-state index in [0.29, 0.717) is 23.8 Å². The minimum atomic E-state index is 0.427. The number of hydrogen-bond donors (Lipinski definition) is 0. The van der Waals surface area contributed by atoms with Crippen LogP contribution in [0.3, 0.4) is 0 Å². The van der Waals surface area contributed by atoms with E-state index in [1.807, 2.05) is 62.4 Å². The average Bonchev–Trinajstić information content (AvgIpc) is 3.29. The van der Waals surface area contributed by atoms with Gasteiger partial charge in [-0.15, -0.1) is 5.10 Å². The fraction of sp³-hybridized carbons (Fsp3) is 0.200. The minimum absolute atomic E-state index is 0.427. The summed E-state index contributed by atoms with van der Waals surface area (Å²) in [5.41, 5.74) is 4.56. The van der Waals surface area contributed by atoms with Gasteiger partial charge in [0.1, 0.15) is 5.75 Å². The second-order valence-electron chi connectivity index (χ2n) is 6.27. The molecule has 0 atom stereocenters. The Morgan fingerprint density at radius 1 is 1.04 bits per heavy atom. The number of benzene rings is 2. The van der Waals surface area contributed by atoms with Gasteiger partial charge in [-0.1, -0.05) is 46.3 Å². The summed E-state index contributed by atoms with van der Waals surface area (Å²) in [5, 5.41) is 12.6. The number of hydrogen-bond acceptors (Lipinski definition) is 6. The number of para-hydroxylation sites is 1. The molecule has 2 aromatic heterocycles. The highest BCUT2D eigenvalue weighted by Crippen LogP contribution is 2.23. The van der Waals surface area contributed by atoms with Gasteiger partial charge in [0.15, 0.2) is 5.69 Å². The van der Waals surface area contributed by atoms with E-state index in [4.69, 9.17) is 9.26 Å². The Labute approximate surface area is 156 Å². The average molecular weight is 361 g/mol. The van der Waals surface area contributed by atoms with Crippen molar-refractivity contribution in [1.29, 1.82) is 0 Å². The van der Waals surface area contributed by atoms with E-state index in [1.165, 1.54) is 5.56 Å². The lowest BCUT2D eigenvalue weighted by Crippen LogP contribution is -1.99. The highest BCUT2D eigenvalue weighted by Gasteiger charge is 2.18. The minimum Gasteiger partial charge on any atom is -0.496 e. The third kappa shape index (κ3) is 3.31. The van der Waals surface area contributed by atoms with Crippen LogP contribution in [-0.4, -0.2) is 32.2 Å². The summed E-state index contributed by atoms with van der Waals surface area (Å²) in [5.74, 6) is 1.72. The van der Waals surface area contributed by atoms with Crippen LogP contribution >= 0.6 is 0 Å². The van der Waals surface area contributed by atoms with Gasteiger partial charge < -0.3 is 9.26 Å². The monoisotopic (exact) mass is 361 g/mol. The van der Waals surface area contributed by atoms with Gasteiger partial charge in [0.2, 0.25) is 11.7 Å². The number of nitrogens with zero attached hydrogens (tertiary/aromatic N) is 5. The van der Waals surface area contributed by atoms with Gasteiger partial charge in [-0.2, -0.15) is 4.98 Å². The van der Waals surface area contributed by atoms with Crippen LogP contribution in [0.1, 0.15) is 22.7 Å². The van der Waals surface area contributed by atoms with Crippen molar-refractivity contribution in [1.82, 2.24) is 25.1 Å². The largest absolute Gasteiger partial charge is 0.496 e. The van der Waals surface area contributed by atoms with Gasteiger partial charge in [0.25, 0.3) is 0 Å². The Morgan fingerprint density at radius 3 is 2.59 bits per heavy atom. The third-order valence-corrected chi connectivity index (χ3v) is 4.39. The zero-order chi connectivity index (χ0) is 18.8. The van der Waals surface area contributed by atoms with Crippen molar-refractivity contribution in [2.75, 3.05) is 7.11 Å². The zero-order valence-electron chi connectivity index (χ0n) is 15.4. The molecular formula is C20H19N5O2. The summed E-state index contributed by atoms with van der Waals surface area (Å²) in [6.45, 7) is 3.98. The van der Waals surface area contributed by atoms with Crippen LogP contribution in [0.25, 0.3) is 17.2 Å². The molecule has 0 saturated carbocycles. The smallest absolute Gasteiger partial charge is 0.231 e. The van der Waals surface area contributed by atoms with Crippen molar-refractivity contribution in [3.05, 3.63) is 71.2 Å². The molecule has 7 heteroatoms. The van der Waals surface area contributed by atoms with Gasteiger partial charge in [-0.25, -0.2) is 4.68 Å². The van der Waals surface area contributed by atoms with E-state index < -0.39 is 0 Å². The molecule has 7 nitrogen and oxygen atoms in total. The standard InChI is InChI=1S/C20H19N5O2/c1-13-8-10-16(11-9-13)25-14(2)19(22-24-25)20-21-18(27-23-20)12-15-6-4-5-7-17(15)26-3/h4-11H,12H2,1-3H3. The van der Waals surface area contributed by atoms with E-state index in [0.717, 1.165) is 22.7 Å². The Morgan fingerprint density at radius 2 is 1.81 bits per heavy atom. The highest BCUT2D eigenvalue weighted by atomic mass is 16.5. The van der Waals surface area contributed by atoms with Gasteiger partial charge >= 0.3 is 0 Å². The lowest BCUT2D eigenvalue weighted by atomic mass is 10.1. The molecule has 0 radical (unpaired) electrons. The molecule has 0 spiro atoms. The van der Waals surface area contributed by atoms with Gasteiger partial charge in [0, 0.05) is 5.56 Å². The molecule has 0 amide bonds. The van der Waals surface area contributed by atoms with Crippen molar-refractivity contribution in [2.24, 2.45) is 0 Å². The molecule has 0 saturated heterocycles. The molecule has 0 bridgehead atoms. The summed E-state index contributed by atoms with van der Waals surface area (Å²) < 4.78 is 12.6. The van der Waals surface area contributed by atoms with E-state index in [2.05, 4.69) is 20.5 Å². The van der Waals surface area contributed by atoms with Crippen molar-refractivity contribution < 1.29 is 9.26 Å². The summed E-state index contributed by atoms with van der Waals surface area (Å²) in [4.78, 5) is 4.48. The Hall–Kier alpha value is -3.48. The molecule has 0 unspecified atom stereocenters. The number of methoxy groups -OCH3 is 1. The Kier molecular flexibility index (Phi) is 4.42. The van der Waals surface area contributed by atoms with Crippen molar-refractivity contribution in [2.45, 2.75) is 20.3 Å². The zero-order valence-corrected chi connectivity index (χ0v) is 15.4. The molecular weight excluding hydrogens is 342 g/mol. The second kappa shape index (κ2) is 7.03. The number of rotatable bonds is 5. The Bertz CT molecular complexity index is 1070. The molecule has 2 heterocycles. The van der Waals surface area contributed by atoms with Crippen LogP contribution in [0.4, 0.5) is 0 Å². The topological polar surface area (TPSA) is 78.9 Å². The van der Waals surface area contributed by atoms with Crippen LogP contribution in [0.5, 0.6) is 5.75 Å². The van der Waals surface area contributed by atoms with Gasteiger partial charge in [0.05, 0.1) is 24.9 Å². The van der Waals surface area contributed by atoms with Crippen LogP contribution in [0.2, 0.25) is 0 Å². The number of ether oxygens (including phenoxy) is 1. The lowest BCUT2D eigenvalue weighted by Gasteiger charge is -2.04. The van der Waals surface area contributed by atoms with Crippen LogP contribution in [-0.2, 0) is 6.42 Å². The SMILES string of the molecule is COc1ccccc1Cc1nc(-c2nnn(-c3ccc(C)cc3)c2C)no1. The first-order chi connectivity index (χ1) is 13.2. The van der Waals surface area contributed by atoms with Crippen molar-refractivity contribution in [3.8, 4) is 23.0 Å². The lowest BCUT2D eigenvalue weighted by molar-refractivity contribution is 0.379. The molecule has 0 fully saturated rings. The first kappa shape index (κ1) is 17.0. The predicted molar refractivity (Wildman–Crippen MR) is 99.9 cm³/mol. The first-order valence-corrected chi connectivity index (χ1v) is 8.60. The van der Waals surface area contributed by atoms with Crippen LogP contribution in [0.15, 0.2) is 53.1 Å². The fourth-order valence-electron chi connectivity index (χ4n) is 2.90. The van der Waals surface area contributed by atoms with Gasteiger partial charge in [-0.3, -0.25) is 0 Å². The summed E-state index contributed by atoms with van der Waals surface area (Å²) >= 11 is 0. The molecule has 0 aliphatic rings. The molecule has 0 N–H and O–H groups in total. The number of aryl methyl sites for hydroxylation is 1. The fourth-order valence-corrected chi connectivity index (χ4v) is 2.90. The van der Waals surface area contributed by atoms with E-state index in [9.17, 15) is 0 Å². The second-order valence-corrected chi connectivity index (χ2v) is 6.27. The highest BCUT2D eigenvalue weighted by molar-refractivity contribution is 5.53. The van der Waals surface area contributed by atoms with E-state index >= 15 is 0 Å². The molecule has 27 heavy (non-hydrogen) atoms. The molecule has 136 valence electrons. The van der Waals surface area contributed by atoms with E-state index in [-0.39, 0.29) is 0 Å². The molecule has 0 aliphatic heterocycles. The first-order valence-electron chi connectivity index (χ1n) is 8.60. The quantitative estimate of drug-likeness (QED) is 0.541. The molecule has 2 aromatic carbocycles. The molecule has 4 rings (SSSR count). The maximum absolute atomic E-state index is 5.41. The van der Waals surface area contributed by atoms with Gasteiger partial charge in [-0.05, 0) is 32.0 Å². The number of aromatic nitrogens is 5. The van der Waals surface area contributed by atoms with Crippen molar-refractivity contribution in [3.63, 3.8) is 0 Å². The summed E-state index contributed by atoms with van der Waals surface area (Å²) in [7, 11) is 1.64. The van der Waals surface area contributed by atoms with Crippen LogP contribution < -0.4 is 4.74 Å². The normalized spacial score (nSPS) is 10.9. The molecule has 0 aliphatic carbocycles. The Balaban J connectivity index is 1.61. The summed E-state index contributed by atoms with van der Waals surface area (Å²) in [6, 6.07) is 15.8.